The fraction of sp³-hybridized carbons (Fsp3) is 0. The number of nitrogens with zero attached hydrogens (tertiary/aromatic N) is 4. The average molecular weight is 116 g/mol. The van der Waals surface area contributed by atoms with Crippen LogP contribution in [-0.4, -0.2) is 14.4 Å². The summed E-state index contributed by atoms with van der Waals surface area (Å²) in [6, 6.07) is 0. The molecule has 0 amide bonds. The molecule has 7 heavy (non-hydrogen) atoms. The van der Waals surface area contributed by atoms with Gasteiger partial charge in [0.2, 0.25) is 11.8 Å². The van der Waals surface area contributed by atoms with Gasteiger partial charge in [-0.1, -0.05) is 0 Å². The fourth-order valence-corrected chi connectivity index (χ4v) is 0.425. The molecular weight excluding hydrogens is 116 g/mol. The van der Waals surface area contributed by atoms with Crippen molar-refractivity contribution < 1.29 is 8.64 Å². The Labute approximate surface area is 42.2 Å². The summed E-state index contributed by atoms with van der Waals surface area (Å²) in [7, 11) is 0. The molecule has 1 aromatic rings. The van der Waals surface area contributed by atoms with Crippen LogP contribution in [0.2, 0.25) is 0 Å². The minimum Gasteiger partial charge on any atom is -0.494 e. The average Bonchev–Trinajstić information content (AvgIpc) is 2.14. The second kappa shape index (κ2) is 1.63. The van der Waals surface area contributed by atoms with Gasteiger partial charge in [0.05, 0.1) is 4.49 Å². The first-order valence-corrected chi connectivity index (χ1v) is 2.10. The molecule has 0 unspecified atom stereocenters. The van der Waals surface area contributed by atoms with E-state index in [0.29, 0.717) is 0 Å². The van der Waals surface area contributed by atoms with E-state index < -0.39 is 0 Å². The van der Waals surface area contributed by atoms with Crippen LogP contribution < -0.4 is 5.68 Å². The Kier molecular flexibility index (Phi) is 0.972. The third kappa shape index (κ3) is 0.703. The Morgan fingerprint density at radius 1 is 1.86 bits per heavy atom. The van der Waals surface area contributed by atoms with Gasteiger partial charge in [0, 0.05) is 0 Å². The molecule has 0 atom stereocenters. The van der Waals surface area contributed by atoms with Crippen molar-refractivity contribution in [3.05, 3.63) is 11.2 Å². The first-order valence-electron chi connectivity index (χ1n) is 1.40. The first-order chi connectivity index (χ1) is 3.43. The topological polar surface area (TPSA) is 75.3 Å². The van der Waals surface area contributed by atoms with Crippen molar-refractivity contribution in [3.8, 4) is 0 Å². The van der Waals surface area contributed by atoms with Crippen LogP contribution in [0.5, 0.6) is 0 Å². The molecule has 0 aliphatic rings. The first kappa shape index (κ1) is 4.17. The normalized spacial score (nSPS) is 8.00. The summed E-state index contributed by atoms with van der Waals surface area (Å²) in [6.07, 6.45) is 0. The maximum absolute atomic E-state index is 7.86. The molecule has 1 rings (SSSR count). The molecule has 0 N–H and O–H groups in total. The maximum Gasteiger partial charge on any atom is 0.627 e. The summed E-state index contributed by atoms with van der Waals surface area (Å²) in [5.41, 5.74) is 7.76. The zero-order valence-electron chi connectivity index (χ0n) is 3.11. The lowest BCUT2D eigenvalue weighted by Crippen LogP contribution is -2.00. The Balaban J connectivity index is 3.50. The van der Waals surface area contributed by atoms with Gasteiger partial charge < -0.3 is 5.53 Å². The third-order valence-corrected chi connectivity index (χ3v) is 0.729. The molecule has 1 aromatic heterocycles. The van der Waals surface area contributed by atoms with Crippen molar-refractivity contribution in [3.63, 3.8) is 0 Å². The van der Waals surface area contributed by atoms with E-state index in [1.54, 1.807) is 0 Å². The maximum atomic E-state index is 7.86. The van der Waals surface area contributed by atoms with Gasteiger partial charge in [0.25, 0.3) is 0 Å². The van der Waals surface area contributed by atoms with Crippen LogP contribution >= 0.6 is 11.8 Å². The molecule has 1 heterocycles. The molecule has 0 radical (unpaired) electrons. The predicted octanol–water partition coefficient (Wildman–Crippen LogP) is -0.738. The van der Waals surface area contributed by atoms with Gasteiger partial charge in [0.1, 0.15) is 0 Å². The van der Waals surface area contributed by atoms with Crippen LogP contribution in [0.4, 0.5) is 0 Å². The second-order valence-electron chi connectivity index (χ2n) is 0.722. The second-order valence-corrected chi connectivity index (χ2v) is 1.20. The molecule has 0 saturated carbocycles. The fourth-order valence-electron chi connectivity index (χ4n) is 0.155. The van der Waals surface area contributed by atoms with Crippen LogP contribution in [0.3, 0.4) is 0 Å². The van der Waals surface area contributed by atoms with Crippen molar-refractivity contribution in [1.29, 1.82) is 0 Å². The number of hydrogen-bond donors (Lipinski definition) is 0. The quantitative estimate of drug-likeness (QED) is 0.331. The molecular formula is CN4OS. The van der Waals surface area contributed by atoms with Gasteiger partial charge in [-0.25, -0.2) is 0 Å². The highest BCUT2D eigenvalue weighted by molar-refractivity contribution is 6.95. The Bertz CT molecular complexity index is 201. The molecule has 0 aliphatic heterocycles. The molecule has 0 spiro atoms. The highest BCUT2D eigenvalue weighted by Crippen LogP contribution is 1.70. The predicted molar refractivity (Wildman–Crippen MR) is 18.9 cm³/mol. The molecule has 36 valence electrons. The van der Waals surface area contributed by atoms with Crippen LogP contribution in [0.15, 0.2) is 3.85 Å². The number of rotatable bonds is 0. The lowest BCUT2D eigenvalue weighted by molar-refractivity contribution is -0.100. The van der Waals surface area contributed by atoms with Crippen molar-refractivity contribution in [2.75, 3.05) is 0 Å². The zero-order chi connectivity index (χ0) is 5.11. The molecule has 0 aliphatic carbocycles. The van der Waals surface area contributed by atoms with Crippen molar-refractivity contribution in [2.45, 2.75) is 0 Å². The highest BCUT2D eigenvalue weighted by Gasteiger charge is 1.92. The van der Waals surface area contributed by atoms with Gasteiger partial charge in [-0.05, 0) is 0 Å². The van der Waals surface area contributed by atoms with E-state index in [-0.39, 0.29) is 5.68 Å². The van der Waals surface area contributed by atoms with Crippen LogP contribution in [-0.2, 0) is 0 Å². The van der Waals surface area contributed by atoms with E-state index in [1.807, 2.05) is 0 Å². The standard InChI is InChI=1S/CN4OS/c2-3-1-4-5-7-6-1. The van der Waals surface area contributed by atoms with Crippen molar-refractivity contribution in [2.24, 2.45) is 0 Å². The summed E-state index contributed by atoms with van der Waals surface area (Å²) in [6.45, 7) is 0. The zero-order valence-corrected chi connectivity index (χ0v) is 3.92. The number of aromatic nitrogens is 2. The summed E-state index contributed by atoms with van der Waals surface area (Å²) in [4.78, 5) is 2.60. The Morgan fingerprint density at radius 3 is 3.00 bits per heavy atom. The van der Waals surface area contributed by atoms with Gasteiger partial charge in [-0.15, -0.1) is 0 Å². The van der Waals surface area contributed by atoms with E-state index >= 15 is 0 Å². The van der Waals surface area contributed by atoms with E-state index in [4.69, 9.17) is 5.53 Å². The SMILES string of the molecule is [N-]=[N+]=c1nnso1. The van der Waals surface area contributed by atoms with Crippen LogP contribution in [0, 0.1) is 0 Å². The summed E-state index contributed by atoms with van der Waals surface area (Å²) < 4.78 is 7.65. The van der Waals surface area contributed by atoms with Gasteiger partial charge >= 0.3 is 5.68 Å². The monoisotopic (exact) mass is 116 g/mol. The smallest absolute Gasteiger partial charge is 0.494 e. The lowest BCUT2D eigenvalue weighted by Gasteiger charge is -1.44. The molecule has 6 heteroatoms. The van der Waals surface area contributed by atoms with Crippen LogP contribution in [0.25, 0.3) is 5.53 Å². The third-order valence-electron chi connectivity index (χ3n) is 0.357. The van der Waals surface area contributed by atoms with E-state index in [0.717, 1.165) is 11.8 Å². The van der Waals surface area contributed by atoms with E-state index in [1.165, 1.54) is 0 Å². The molecule has 0 fully saturated rings. The largest absolute Gasteiger partial charge is 0.627 e. The van der Waals surface area contributed by atoms with E-state index in [2.05, 4.69) is 18.2 Å². The molecule has 0 saturated heterocycles. The van der Waals surface area contributed by atoms with Gasteiger partial charge in [-0.3, -0.25) is 8.64 Å². The van der Waals surface area contributed by atoms with Crippen molar-refractivity contribution in [1.82, 2.24) is 9.59 Å². The minimum atomic E-state index is -0.106. The van der Waals surface area contributed by atoms with Crippen molar-refractivity contribution >= 4 is 11.8 Å². The molecule has 0 aromatic carbocycles. The summed E-state index contributed by atoms with van der Waals surface area (Å²) in [5.74, 6) is 0. The lowest BCUT2D eigenvalue weighted by atomic mass is 11.4. The molecule has 0 bridgehead atoms. The number of hydrogen-bond acceptors (Lipinski definition) is 4. The van der Waals surface area contributed by atoms with Gasteiger partial charge in [-0.2, -0.15) is 0 Å². The van der Waals surface area contributed by atoms with E-state index in [9.17, 15) is 0 Å². The van der Waals surface area contributed by atoms with Gasteiger partial charge in [0.15, 0.2) is 5.10 Å². The Morgan fingerprint density at radius 2 is 2.71 bits per heavy atom. The Hall–Kier alpha value is -1.00. The van der Waals surface area contributed by atoms with Crippen LogP contribution in [0.1, 0.15) is 0 Å². The summed E-state index contributed by atoms with van der Waals surface area (Å²) >= 11 is 0.774. The molecule has 5 nitrogen and oxygen atoms in total. The minimum absolute atomic E-state index is 0.106. The highest BCUT2D eigenvalue weighted by atomic mass is 32.1. The summed E-state index contributed by atoms with van der Waals surface area (Å²) in [5, 5.41) is 3.22.